The molecule has 0 bridgehead atoms. The van der Waals surface area contributed by atoms with E-state index in [0.29, 0.717) is 5.57 Å². The van der Waals surface area contributed by atoms with Gasteiger partial charge < -0.3 is 9.47 Å². The summed E-state index contributed by atoms with van der Waals surface area (Å²) in [5, 5.41) is 0. The number of alkyl halides is 2. The molecule has 0 aromatic carbocycles. The van der Waals surface area contributed by atoms with E-state index in [0.717, 1.165) is 0 Å². The molecule has 14 heavy (non-hydrogen) atoms. The van der Waals surface area contributed by atoms with Crippen molar-refractivity contribution in [1.29, 1.82) is 0 Å². The lowest BCUT2D eigenvalue weighted by atomic mass is 10.2. The molecule has 0 aromatic heterocycles. The zero-order valence-corrected chi connectivity index (χ0v) is 7.72. The Morgan fingerprint density at radius 3 is 2.36 bits per heavy atom. The molecule has 1 heterocycles. The quantitative estimate of drug-likeness (QED) is 0.651. The molecule has 0 saturated carbocycles. The van der Waals surface area contributed by atoms with Gasteiger partial charge in [0.15, 0.2) is 11.5 Å². The van der Waals surface area contributed by atoms with E-state index in [4.69, 9.17) is 0 Å². The third-order valence-corrected chi connectivity index (χ3v) is 1.57. The van der Waals surface area contributed by atoms with Gasteiger partial charge in [-0.15, -0.1) is 8.78 Å². The molecule has 0 aliphatic carbocycles. The summed E-state index contributed by atoms with van der Waals surface area (Å²) in [7, 11) is 0. The highest BCUT2D eigenvalue weighted by molar-refractivity contribution is 5.31. The molecule has 4 heteroatoms. The minimum Gasteiger partial charge on any atom is -0.395 e. The van der Waals surface area contributed by atoms with Crippen LogP contribution in [0.4, 0.5) is 8.78 Å². The highest BCUT2D eigenvalue weighted by Gasteiger charge is 2.43. The summed E-state index contributed by atoms with van der Waals surface area (Å²) in [6.45, 7) is 8.54. The number of hydrogen-bond donors (Lipinski definition) is 0. The van der Waals surface area contributed by atoms with Crippen molar-refractivity contribution in [3.05, 3.63) is 48.5 Å². The largest absolute Gasteiger partial charge is 0.586 e. The average molecular weight is 200 g/mol. The van der Waals surface area contributed by atoms with Gasteiger partial charge >= 0.3 is 6.29 Å². The Bertz CT molecular complexity index is 327. The van der Waals surface area contributed by atoms with Crippen LogP contribution in [0.1, 0.15) is 6.92 Å². The second-order valence-electron chi connectivity index (χ2n) is 2.69. The van der Waals surface area contributed by atoms with E-state index in [1.54, 1.807) is 6.92 Å². The normalized spacial score (nSPS) is 20.1. The van der Waals surface area contributed by atoms with Crippen LogP contribution in [-0.2, 0) is 9.47 Å². The van der Waals surface area contributed by atoms with Crippen molar-refractivity contribution in [3.8, 4) is 0 Å². The number of halogens is 2. The Hall–Kier alpha value is -1.58. The monoisotopic (exact) mass is 200 g/mol. The highest BCUT2D eigenvalue weighted by Crippen LogP contribution is 2.34. The van der Waals surface area contributed by atoms with Crippen molar-refractivity contribution < 1.29 is 18.3 Å². The average Bonchev–Trinajstić information content (AvgIpc) is 2.40. The van der Waals surface area contributed by atoms with Crippen LogP contribution in [0.25, 0.3) is 0 Å². The van der Waals surface area contributed by atoms with E-state index >= 15 is 0 Å². The predicted octanol–water partition coefficient (Wildman–Crippen LogP) is 3.11. The third kappa shape index (κ3) is 2.22. The van der Waals surface area contributed by atoms with Gasteiger partial charge in [-0.2, -0.15) is 0 Å². The van der Waals surface area contributed by atoms with E-state index in [2.05, 4.69) is 22.6 Å². The summed E-state index contributed by atoms with van der Waals surface area (Å²) >= 11 is 0. The maximum Gasteiger partial charge on any atom is 0.586 e. The topological polar surface area (TPSA) is 18.5 Å². The molecule has 2 nitrogen and oxygen atoms in total. The first-order valence-electron chi connectivity index (χ1n) is 3.92. The van der Waals surface area contributed by atoms with Gasteiger partial charge in [0, 0.05) is 0 Å². The van der Waals surface area contributed by atoms with Crippen molar-refractivity contribution >= 4 is 0 Å². The molecule has 1 aliphatic rings. The number of ether oxygens (including phenoxy) is 2. The third-order valence-electron chi connectivity index (χ3n) is 1.57. The molecule has 76 valence electrons. The molecule has 0 atom stereocenters. The van der Waals surface area contributed by atoms with E-state index in [1.165, 1.54) is 18.2 Å². The predicted molar refractivity (Wildman–Crippen MR) is 48.3 cm³/mol. The van der Waals surface area contributed by atoms with Crippen molar-refractivity contribution in [3.63, 3.8) is 0 Å². The summed E-state index contributed by atoms with van der Waals surface area (Å²) in [6, 6.07) is 0. The fourth-order valence-electron chi connectivity index (χ4n) is 0.886. The van der Waals surface area contributed by atoms with Crippen LogP contribution >= 0.6 is 0 Å². The summed E-state index contributed by atoms with van der Waals surface area (Å²) in [6.07, 6.45) is 0.498. The molecule has 0 amide bonds. The molecule has 1 rings (SSSR count). The van der Waals surface area contributed by atoms with Gasteiger partial charge in [-0.1, -0.05) is 19.2 Å². The fraction of sp³-hybridized carbons (Fsp3) is 0.200. The zero-order valence-electron chi connectivity index (χ0n) is 7.72. The molecule has 0 aromatic rings. The van der Waals surface area contributed by atoms with Gasteiger partial charge in [-0.3, -0.25) is 0 Å². The smallest absolute Gasteiger partial charge is 0.395 e. The molecular formula is C10H10F2O2. The number of rotatable bonds is 3. The minimum absolute atomic E-state index is 0.0394. The molecule has 0 spiro atoms. The summed E-state index contributed by atoms with van der Waals surface area (Å²) in [5.41, 5.74) is 0.695. The molecule has 0 N–H and O–H groups in total. The lowest BCUT2D eigenvalue weighted by Crippen LogP contribution is -2.16. The lowest BCUT2D eigenvalue weighted by Gasteiger charge is -2.06. The first kappa shape index (κ1) is 10.5. The summed E-state index contributed by atoms with van der Waals surface area (Å²) < 4.78 is 33.6. The van der Waals surface area contributed by atoms with Gasteiger partial charge in [0.25, 0.3) is 0 Å². The highest BCUT2D eigenvalue weighted by atomic mass is 19.3. The molecule has 0 unspecified atom stereocenters. The minimum atomic E-state index is -3.60. The first-order chi connectivity index (χ1) is 6.48. The van der Waals surface area contributed by atoms with E-state index in [1.807, 2.05) is 0 Å². The van der Waals surface area contributed by atoms with Crippen LogP contribution < -0.4 is 0 Å². The molecule has 0 fully saturated rings. The molecule has 0 saturated heterocycles. The van der Waals surface area contributed by atoms with Crippen LogP contribution in [0.3, 0.4) is 0 Å². The van der Waals surface area contributed by atoms with Crippen LogP contribution in [0, 0.1) is 0 Å². The summed E-state index contributed by atoms with van der Waals surface area (Å²) in [4.78, 5) is 0. The Kier molecular flexibility index (Phi) is 2.74. The van der Waals surface area contributed by atoms with E-state index < -0.39 is 6.29 Å². The molecule has 0 radical (unpaired) electrons. The van der Waals surface area contributed by atoms with Gasteiger partial charge in [-0.25, -0.2) is 0 Å². The first-order valence-corrected chi connectivity index (χ1v) is 3.92. The second kappa shape index (κ2) is 3.65. The van der Waals surface area contributed by atoms with Crippen LogP contribution in [0.2, 0.25) is 0 Å². The van der Waals surface area contributed by atoms with Crippen LogP contribution in [0.5, 0.6) is 0 Å². The van der Waals surface area contributed by atoms with Crippen molar-refractivity contribution in [1.82, 2.24) is 0 Å². The molecular weight excluding hydrogens is 190 g/mol. The Morgan fingerprint density at radius 2 is 1.86 bits per heavy atom. The van der Waals surface area contributed by atoms with Gasteiger partial charge in [0.1, 0.15) is 0 Å². The Balaban J connectivity index is 2.96. The van der Waals surface area contributed by atoms with Gasteiger partial charge in [0.2, 0.25) is 0 Å². The van der Waals surface area contributed by atoms with Crippen molar-refractivity contribution in [2.75, 3.05) is 0 Å². The maximum atomic E-state index is 12.6. The molecule has 1 aliphatic heterocycles. The van der Waals surface area contributed by atoms with E-state index in [-0.39, 0.29) is 11.5 Å². The van der Waals surface area contributed by atoms with Crippen molar-refractivity contribution in [2.24, 2.45) is 0 Å². The lowest BCUT2D eigenvalue weighted by molar-refractivity contribution is -0.335. The van der Waals surface area contributed by atoms with E-state index in [9.17, 15) is 8.78 Å². The van der Waals surface area contributed by atoms with Crippen molar-refractivity contribution in [2.45, 2.75) is 13.2 Å². The van der Waals surface area contributed by atoms with Crippen LogP contribution in [0.15, 0.2) is 48.5 Å². The fourth-order valence-corrected chi connectivity index (χ4v) is 0.886. The second-order valence-corrected chi connectivity index (χ2v) is 2.69. The Morgan fingerprint density at radius 1 is 1.29 bits per heavy atom. The summed E-state index contributed by atoms with van der Waals surface area (Å²) in [5.74, 6) is -0.112. The van der Waals surface area contributed by atoms with Gasteiger partial charge in [0.05, 0.1) is 0 Å². The van der Waals surface area contributed by atoms with Gasteiger partial charge in [-0.05, 0) is 24.6 Å². The zero-order chi connectivity index (χ0) is 10.8. The standard InChI is InChI=1S/C10H10F2O2/c1-4-7(3)6-9-8(5-2)13-10(11,12)14-9/h4-6H,1-2H2,3H3/b7-6-. The number of hydrogen-bond acceptors (Lipinski definition) is 2. The number of allylic oxidation sites excluding steroid dienone is 4. The van der Waals surface area contributed by atoms with Crippen LogP contribution in [-0.4, -0.2) is 6.29 Å². The maximum absolute atomic E-state index is 12.6. The SMILES string of the molecule is C=CC1=C(/C=C(/C)C=C)OC(F)(F)O1. The Labute approximate surface area is 80.8 Å².